The van der Waals surface area contributed by atoms with Crippen LogP contribution in [0.4, 0.5) is 5.69 Å². The molecule has 0 aliphatic heterocycles. The molecule has 0 bridgehead atoms. The van der Waals surface area contributed by atoms with Gasteiger partial charge in [-0.2, -0.15) is 0 Å². The van der Waals surface area contributed by atoms with Crippen LogP contribution in [0.1, 0.15) is 6.42 Å². The zero-order chi connectivity index (χ0) is 12.8. The SMILES string of the molecule is COC(CN)CC(=O)Nc1cc(Br)c[nH]c1=O. The first kappa shape index (κ1) is 13.9. The summed E-state index contributed by atoms with van der Waals surface area (Å²) < 4.78 is 5.66. The highest BCUT2D eigenvalue weighted by Gasteiger charge is 2.12. The van der Waals surface area contributed by atoms with E-state index in [0.717, 1.165) is 0 Å². The third kappa shape index (κ3) is 4.29. The van der Waals surface area contributed by atoms with Gasteiger partial charge in [0.1, 0.15) is 5.69 Å². The Morgan fingerprint density at radius 1 is 1.71 bits per heavy atom. The molecule has 1 aromatic rings. The maximum absolute atomic E-state index is 11.6. The van der Waals surface area contributed by atoms with E-state index in [1.54, 1.807) is 0 Å². The van der Waals surface area contributed by atoms with Crippen molar-refractivity contribution in [2.24, 2.45) is 5.73 Å². The number of nitrogens with one attached hydrogen (secondary N) is 2. The summed E-state index contributed by atoms with van der Waals surface area (Å²) in [6, 6.07) is 1.53. The Kier molecular flexibility index (Phi) is 5.33. The lowest BCUT2D eigenvalue weighted by Gasteiger charge is -2.12. The van der Waals surface area contributed by atoms with E-state index in [0.29, 0.717) is 4.47 Å². The van der Waals surface area contributed by atoms with Crippen molar-refractivity contribution < 1.29 is 9.53 Å². The quantitative estimate of drug-likeness (QED) is 0.735. The number of aromatic amines is 1. The van der Waals surface area contributed by atoms with E-state index >= 15 is 0 Å². The zero-order valence-corrected chi connectivity index (χ0v) is 10.9. The molecular weight excluding hydrogens is 290 g/mol. The second-order valence-electron chi connectivity index (χ2n) is 3.41. The van der Waals surface area contributed by atoms with Gasteiger partial charge in [-0.15, -0.1) is 0 Å². The molecule has 1 heterocycles. The van der Waals surface area contributed by atoms with Gasteiger partial charge in [0.05, 0.1) is 12.5 Å². The Bertz CT molecular complexity index is 443. The number of aromatic nitrogens is 1. The van der Waals surface area contributed by atoms with Crippen molar-refractivity contribution in [1.82, 2.24) is 4.98 Å². The van der Waals surface area contributed by atoms with E-state index in [2.05, 4.69) is 26.2 Å². The van der Waals surface area contributed by atoms with Crippen LogP contribution in [0.3, 0.4) is 0 Å². The van der Waals surface area contributed by atoms with Gasteiger partial charge in [-0.05, 0) is 22.0 Å². The lowest BCUT2D eigenvalue weighted by molar-refractivity contribution is -0.118. The summed E-state index contributed by atoms with van der Waals surface area (Å²) in [5.41, 5.74) is 5.23. The summed E-state index contributed by atoms with van der Waals surface area (Å²) in [7, 11) is 1.48. The molecular formula is C10H14BrN3O3. The Balaban J connectivity index is 2.68. The van der Waals surface area contributed by atoms with Gasteiger partial charge >= 0.3 is 0 Å². The van der Waals surface area contributed by atoms with Crippen molar-refractivity contribution in [3.05, 3.63) is 27.1 Å². The van der Waals surface area contributed by atoms with Crippen molar-refractivity contribution in [1.29, 1.82) is 0 Å². The first-order chi connectivity index (χ1) is 8.06. The largest absolute Gasteiger partial charge is 0.380 e. The fourth-order valence-electron chi connectivity index (χ4n) is 1.22. The molecule has 0 radical (unpaired) electrons. The molecule has 1 rings (SSSR count). The predicted molar refractivity (Wildman–Crippen MR) is 67.9 cm³/mol. The molecule has 0 aromatic carbocycles. The van der Waals surface area contributed by atoms with E-state index < -0.39 is 0 Å². The van der Waals surface area contributed by atoms with Gasteiger partial charge in [0.2, 0.25) is 5.91 Å². The van der Waals surface area contributed by atoms with Crippen LogP contribution in [-0.2, 0) is 9.53 Å². The van der Waals surface area contributed by atoms with Gasteiger partial charge in [-0.1, -0.05) is 0 Å². The minimum atomic E-state index is -0.358. The molecule has 17 heavy (non-hydrogen) atoms. The van der Waals surface area contributed by atoms with Crippen LogP contribution in [0, 0.1) is 0 Å². The number of nitrogens with two attached hydrogens (primary N) is 1. The predicted octanol–water partition coefficient (Wildman–Crippen LogP) is 0.440. The maximum atomic E-state index is 11.6. The van der Waals surface area contributed by atoms with Gasteiger partial charge in [-0.3, -0.25) is 9.59 Å². The highest BCUT2D eigenvalue weighted by molar-refractivity contribution is 9.10. The number of pyridine rings is 1. The number of H-pyrrole nitrogens is 1. The summed E-state index contributed by atoms with van der Waals surface area (Å²) in [6.45, 7) is 0.249. The lowest BCUT2D eigenvalue weighted by atomic mass is 10.2. The highest BCUT2D eigenvalue weighted by Crippen LogP contribution is 2.10. The number of carbonyl (C=O) groups excluding carboxylic acids is 1. The van der Waals surface area contributed by atoms with Gasteiger partial charge < -0.3 is 20.8 Å². The van der Waals surface area contributed by atoms with Crippen molar-refractivity contribution in [2.45, 2.75) is 12.5 Å². The topological polar surface area (TPSA) is 97.2 Å². The number of anilines is 1. The van der Waals surface area contributed by atoms with E-state index in [-0.39, 0.29) is 36.2 Å². The van der Waals surface area contributed by atoms with Crippen molar-refractivity contribution >= 4 is 27.5 Å². The molecule has 1 amide bonds. The van der Waals surface area contributed by atoms with E-state index in [1.807, 2.05) is 0 Å². The molecule has 1 atom stereocenters. The highest BCUT2D eigenvalue weighted by atomic mass is 79.9. The number of halogens is 1. The smallest absolute Gasteiger partial charge is 0.271 e. The standard InChI is InChI=1S/C10H14BrN3O3/c1-17-7(4-12)3-9(15)14-8-2-6(11)5-13-10(8)16/h2,5,7H,3-4,12H2,1H3,(H,13,16)(H,14,15). The minimum absolute atomic E-state index is 0.110. The van der Waals surface area contributed by atoms with Crippen LogP contribution in [0.15, 0.2) is 21.5 Å². The first-order valence-electron chi connectivity index (χ1n) is 4.97. The van der Waals surface area contributed by atoms with Crippen LogP contribution >= 0.6 is 15.9 Å². The summed E-state index contributed by atoms with van der Waals surface area (Å²) in [5.74, 6) is -0.314. The average Bonchev–Trinajstić information content (AvgIpc) is 2.31. The van der Waals surface area contributed by atoms with Gasteiger partial charge in [-0.25, -0.2) is 0 Å². The Labute approximate surface area is 107 Å². The number of ether oxygens (including phenoxy) is 1. The molecule has 4 N–H and O–H groups in total. The number of rotatable bonds is 5. The summed E-state index contributed by atoms with van der Waals surface area (Å²) in [6.07, 6.45) is 1.26. The second-order valence-corrected chi connectivity index (χ2v) is 4.32. The van der Waals surface area contributed by atoms with Crippen LogP contribution in [0.2, 0.25) is 0 Å². The fraction of sp³-hybridized carbons (Fsp3) is 0.400. The van der Waals surface area contributed by atoms with E-state index in [1.165, 1.54) is 19.4 Å². The Morgan fingerprint density at radius 3 is 3.00 bits per heavy atom. The van der Waals surface area contributed by atoms with Crippen molar-refractivity contribution in [3.63, 3.8) is 0 Å². The number of hydrogen-bond donors (Lipinski definition) is 3. The molecule has 0 saturated heterocycles. The maximum Gasteiger partial charge on any atom is 0.271 e. The summed E-state index contributed by atoms with van der Waals surface area (Å²) in [5, 5.41) is 2.50. The molecule has 0 saturated carbocycles. The molecule has 6 nitrogen and oxygen atoms in total. The molecule has 94 valence electrons. The molecule has 0 spiro atoms. The van der Waals surface area contributed by atoms with Crippen LogP contribution in [0.25, 0.3) is 0 Å². The minimum Gasteiger partial charge on any atom is -0.380 e. The molecule has 7 heteroatoms. The molecule has 0 fully saturated rings. The van der Waals surface area contributed by atoms with Gasteiger partial charge in [0.15, 0.2) is 0 Å². The Hall–Kier alpha value is -1.18. The average molecular weight is 304 g/mol. The van der Waals surface area contributed by atoms with Gasteiger partial charge in [0.25, 0.3) is 5.56 Å². The normalized spacial score (nSPS) is 12.2. The van der Waals surface area contributed by atoms with Crippen LogP contribution in [0.5, 0.6) is 0 Å². The van der Waals surface area contributed by atoms with Crippen molar-refractivity contribution in [3.8, 4) is 0 Å². The Morgan fingerprint density at radius 2 is 2.41 bits per heavy atom. The molecule has 1 unspecified atom stereocenters. The summed E-state index contributed by atoms with van der Waals surface area (Å²) in [4.78, 5) is 25.5. The molecule has 0 aliphatic rings. The summed E-state index contributed by atoms with van der Waals surface area (Å²) >= 11 is 3.20. The monoisotopic (exact) mass is 303 g/mol. The lowest BCUT2D eigenvalue weighted by Crippen LogP contribution is -2.29. The third-order valence-electron chi connectivity index (χ3n) is 2.15. The van der Waals surface area contributed by atoms with E-state index in [4.69, 9.17) is 10.5 Å². The fourth-order valence-corrected chi connectivity index (χ4v) is 1.56. The zero-order valence-electron chi connectivity index (χ0n) is 9.33. The second kappa shape index (κ2) is 6.53. The van der Waals surface area contributed by atoms with Crippen LogP contribution in [-0.4, -0.2) is 30.6 Å². The molecule has 0 aliphatic carbocycles. The number of amides is 1. The van der Waals surface area contributed by atoms with Crippen LogP contribution < -0.4 is 16.6 Å². The van der Waals surface area contributed by atoms with E-state index in [9.17, 15) is 9.59 Å². The molecule has 1 aromatic heterocycles. The number of methoxy groups -OCH3 is 1. The van der Waals surface area contributed by atoms with Gasteiger partial charge in [0, 0.05) is 24.3 Å². The number of carbonyl (C=O) groups is 1. The number of hydrogen-bond acceptors (Lipinski definition) is 4. The van der Waals surface area contributed by atoms with Crippen molar-refractivity contribution in [2.75, 3.05) is 19.0 Å². The third-order valence-corrected chi connectivity index (χ3v) is 2.61. The first-order valence-corrected chi connectivity index (χ1v) is 5.77.